The van der Waals surface area contributed by atoms with Crippen molar-refractivity contribution >= 4 is 49.0 Å². The molecule has 148 valence electrons. The van der Waals surface area contributed by atoms with Crippen molar-refractivity contribution in [2.75, 3.05) is 0 Å². The number of hydrogen-bond donors (Lipinski definition) is 0. The van der Waals surface area contributed by atoms with Gasteiger partial charge in [-0.25, -0.2) is 4.57 Å². The molecule has 0 saturated carbocycles. The lowest BCUT2D eigenvalue weighted by Crippen LogP contribution is -2.29. The Bertz CT molecular complexity index is 1620. The van der Waals surface area contributed by atoms with Crippen molar-refractivity contribution in [2.45, 2.75) is 34.1 Å². The van der Waals surface area contributed by atoms with E-state index in [2.05, 4.69) is 98.4 Å². The Balaban J connectivity index is 2.02. The first-order chi connectivity index (χ1) is 14.5. The molecule has 0 spiro atoms. The fraction of sp³-hybridized carbons (Fsp3) is 0.250. The molecule has 0 bridgehead atoms. The molecule has 0 saturated heterocycles. The average molecular weight is 392 g/mol. The zero-order valence-electron chi connectivity index (χ0n) is 18.4. The number of hydrogen-bond acceptors (Lipinski definition) is 0. The Morgan fingerprint density at radius 3 is 2.47 bits per heavy atom. The second-order valence-corrected chi connectivity index (χ2v) is 9.41. The molecule has 0 radical (unpaired) electrons. The Kier molecular flexibility index (Phi) is 3.51. The van der Waals surface area contributed by atoms with Crippen molar-refractivity contribution in [1.82, 2.24) is 4.40 Å². The Hall–Kier alpha value is -3.13. The smallest absolute Gasteiger partial charge is 0.224 e. The Morgan fingerprint density at radius 2 is 1.67 bits per heavy atom. The van der Waals surface area contributed by atoms with Gasteiger partial charge in [0.15, 0.2) is 6.20 Å². The third-order valence-corrected chi connectivity index (χ3v) is 6.77. The van der Waals surface area contributed by atoms with Crippen molar-refractivity contribution in [3.63, 3.8) is 0 Å². The van der Waals surface area contributed by atoms with Gasteiger partial charge in [-0.05, 0) is 60.4 Å². The summed E-state index contributed by atoms with van der Waals surface area (Å²) >= 11 is 0. The lowest BCUT2D eigenvalue weighted by atomic mass is 9.95. The highest BCUT2D eigenvalue weighted by Crippen LogP contribution is 2.41. The van der Waals surface area contributed by atoms with Crippen LogP contribution in [-0.4, -0.2) is 4.40 Å². The zero-order valence-corrected chi connectivity index (χ0v) is 18.4. The molecule has 2 nitrogen and oxygen atoms in total. The van der Waals surface area contributed by atoms with Crippen LogP contribution in [0, 0.1) is 19.8 Å². The van der Waals surface area contributed by atoms with Gasteiger partial charge >= 0.3 is 0 Å². The molecule has 3 aromatic carbocycles. The van der Waals surface area contributed by atoms with Crippen molar-refractivity contribution < 1.29 is 4.57 Å². The lowest BCUT2D eigenvalue weighted by molar-refractivity contribution is -0.643. The van der Waals surface area contributed by atoms with Crippen molar-refractivity contribution in [1.29, 1.82) is 0 Å². The van der Waals surface area contributed by atoms with Crippen LogP contribution in [0.25, 0.3) is 49.0 Å². The maximum atomic E-state index is 2.54. The predicted molar refractivity (Wildman–Crippen MR) is 128 cm³/mol. The molecule has 6 rings (SSSR count). The van der Waals surface area contributed by atoms with Gasteiger partial charge in [-0.2, -0.15) is 0 Å². The minimum absolute atomic E-state index is 0.635. The van der Waals surface area contributed by atoms with Gasteiger partial charge in [-0.3, -0.25) is 0 Å². The monoisotopic (exact) mass is 391 g/mol. The summed E-state index contributed by atoms with van der Waals surface area (Å²) in [6.45, 7) is 9.09. The summed E-state index contributed by atoms with van der Waals surface area (Å²) in [5.74, 6) is 0.635. The van der Waals surface area contributed by atoms with E-state index < -0.39 is 0 Å². The van der Waals surface area contributed by atoms with E-state index in [0.717, 1.165) is 6.42 Å². The fourth-order valence-electron chi connectivity index (χ4n) is 5.59. The van der Waals surface area contributed by atoms with Crippen LogP contribution in [0.2, 0.25) is 0 Å². The third-order valence-electron chi connectivity index (χ3n) is 6.77. The molecule has 0 aliphatic rings. The number of pyridine rings is 2. The Labute approximate surface area is 176 Å². The van der Waals surface area contributed by atoms with Gasteiger partial charge in [0.1, 0.15) is 7.05 Å². The topological polar surface area (TPSA) is 8.29 Å². The molecule has 0 amide bonds. The van der Waals surface area contributed by atoms with Crippen molar-refractivity contribution in [2.24, 2.45) is 13.0 Å². The molecule has 0 atom stereocenters. The van der Waals surface area contributed by atoms with Crippen LogP contribution >= 0.6 is 0 Å². The molecule has 3 heterocycles. The van der Waals surface area contributed by atoms with Crippen LogP contribution in [0.3, 0.4) is 0 Å². The number of aryl methyl sites for hydroxylation is 3. The molecule has 0 aliphatic heterocycles. The summed E-state index contributed by atoms with van der Waals surface area (Å²) in [6.07, 6.45) is 3.32. The van der Waals surface area contributed by atoms with Crippen molar-refractivity contribution in [3.05, 3.63) is 71.4 Å². The standard InChI is InChI=1S/C28H27N2/c1-16(2)13-19-14-20-11-12-29(5)28-25-18(4)9-10-21-24-17(3)7-6-8-22(24)30(27(21)25)23(15-19)26(20)28/h6-12,14-16H,13H2,1-5H3/q+1. The second-order valence-electron chi connectivity index (χ2n) is 9.41. The lowest BCUT2D eigenvalue weighted by Gasteiger charge is -2.15. The molecular weight excluding hydrogens is 364 g/mol. The van der Waals surface area contributed by atoms with Crippen LogP contribution in [-0.2, 0) is 13.5 Å². The van der Waals surface area contributed by atoms with E-state index in [1.807, 2.05) is 0 Å². The van der Waals surface area contributed by atoms with E-state index in [0.29, 0.717) is 5.92 Å². The number of fused-ring (bicyclic) bond motifs is 5. The Morgan fingerprint density at radius 1 is 0.867 bits per heavy atom. The number of rotatable bonds is 2. The van der Waals surface area contributed by atoms with E-state index in [4.69, 9.17) is 0 Å². The zero-order chi connectivity index (χ0) is 20.7. The van der Waals surface area contributed by atoms with Crippen LogP contribution < -0.4 is 4.57 Å². The second kappa shape index (κ2) is 5.95. The summed E-state index contributed by atoms with van der Waals surface area (Å²) in [5, 5.41) is 6.83. The van der Waals surface area contributed by atoms with E-state index in [-0.39, 0.29) is 0 Å². The fourth-order valence-corrected chi connectivity index (χ4v) is 5.59. The predicted octanol–water partition coefficient (Wildman–Crippen LogP) is 6.63. The number of aromatic nitrogens is 2. The van der Waals surface area contributed by atoms with Crippen LogP contribution in [0.15, 0.2) is 54.7 Å². The number of nitrogens with zero attached hydrogens (tertiary/aromatic N) is 2. The van der Waals surface area contributed by atoms with Gasteiger partial charge in [-0.1, -0.05) is 44.2 Å². The van der Waals surface area contributed by atoms with Gasteiger partial charge in [0, 0.05) is 16.8 Å². The first-order valence-corrected chi connectivity index (χ1v) is 10.9. The highest BCUT2D eigenvalue weighted by molar-refractivity contribution is 6.26. The van der Waals surface area contributed by atoms with Gasteiger partial charge < -0.3 is 4.40 Å². The summed E-state index contributed by atoms with van der Waals surface area (Å²) in [5.41, 5.74) is 9.45. The van der Waals surface area contributed by atoms with E-state index in [1.54, 1.807) is 0 Å². The van der Waals surface area contributed by atoms with E-state index in [1.165, 1.54) is 65.7 Å². The average Bonchev–Trinajstić information content (AvgIpc) is 3.04. The molecular formula is C28H27N2+. The summed E-state index contributed by atoms with van der Waals surface area (Å²) in [7, 11) is 2.18. The van der Waals surface area contributed by atoms with Crippen LogP contribution in [0.1, 0.15) is 30.5 Å². The normalized spacial score (nSPS) is 12.6. The third kappa shape index (κ3) is 2.17. The van der Waals surface area contributed by atoms with E-state index >= 15 is 0 Å². The SMILES string of the molecule is Cc1cccc2c1c1ccc(C)c3c1n2c1cc(CC(C)C)cc2cc[n+](C)c3c21. The first-order valence-electron chi connectivity index (χ1n) is 10.9. The molecule has 0 fully saturated rings. The first kappa shape index (κ1) is 17.7. The largest absolute Gasteiger partial charge is 0.307 e. The maximum Gasteiger partial charge on any atom is 0.224 e. The van der Waals surface area contributed by atoms with Gasteiger partial charge in [0.25, 0.3) is 0 Å². The molecule has 6 aromatic rings. The molecule has 0 N–H and O–H groups in total. The summed E-state index contributed by atoms with van der Waals surface area (Å²) in [4.78, 5) is 0. The number of benzene rings is 3. The van der Waals surface area contributed by atoms with Gasteiger partial charge in [0.05, 0.1) is 27.3 Å². The summed E-state index contributed by atoms with van der Waals surface area (Å²) < 4.78 is 4.85. The quantitative estimate of drug-likeness (QED) is 0.178. The van der Waals surface area contributed by atoms with Crippen LogP contribution in [0.5, 0.6) is 0 Å². The molecule has 30 heavy (non-hydrogen) atoms. The highest BCUT2D eigenvalue weighted by atomic mass is 15.0. The van der Waals surface area contributed by atoms with Gasteiger partial charge in [-0.15, -0.1) is 0 Å². The van der Waals surface area contributed by atoms with Gasteiger partial charge in [0.2, 0.25) is 5.52 Å². The molecule has 2 heteroatoms. The molecule has 0 unspecified atom stereocenters. The van der Waals surface area contributed by atoms with Crippen LogP contribution in [0.4, 0.5) is 0 Å². The maximum absolute atomic E-state index is 2.54. The minimum atomic E-state index is 0.635. The van der Waals surface area contributed by atoms with E-state index in [9.17, 15) is 0 Å². The summed E-state index contributed by atoms with van der Waals surface area (Å²) in [6, 6.07) is 18.5. The molecule has 3 aromatic heterocycles. The van der Waals surface area contributed by atoms with Crippen molar-refractivity contribution in [3.8, 4) is 0 Å². The molecule has 0 aliphatic carbocycles. The minimum Gasteiger partial charge on any atom is -0.307 e. The highest BCUT2D eigenvalue weighted by Gasteiger charge is 2.24.